The first-order valence-electron chi connectivity index (χ1n) is 8.44. The van der Waals surface area contributed by atoms with Crippen molar-refractivity contribution in [2.24, 2.45) is 0 Å². The zero-order valence-electron chi connectivity index (χ0n) is 16.9. The zero-order valence-corrected chi connectivity index (χ0v) is 18.6. The minimum absolute atomic E-state index is 0.0382. The van der Waals surface area contributed by atoms with Gasteiger partial charge >= 0.3 is 12.0 Å². The molecule has 4 N–H and O–H groups in total. The molecule has 0 atom stereocenters. The van der Waals surface area contributed by atoms with Gasteiger partial charge in [-0.2, -0.15) is 9.97 Å². The van der Waals surface area contributed by atoms with Gasteiger partial charge in [-0.3, -0.25) is 10.0 Å². The Balaban J connectivity index is 2.23. The SMILES string of the molecule is COc1cc(OC)nc(NC(=O)NS(=O)(=O)Cc2cc(NS(C)(=O)=O)ccc2C(=O)O)n1. The maximum Gasteiger partial charge on any atom is 0.335 e. The van der Waals surface area contributed by atoms with Gasteiger partial charge in [0.25, 0.3) is 0 Å². The van der Waals surface area contributed by atoms with Crippen LogP contribution >= 0.6 is 0 Å². The number of nitrogens with one attached hydrogen (secondary N) is 3. The maximum absolute atomic E-state index is 12.4. The first kappa shape index (κ1) is 24.6. The van der Waals surface area contributed by atoms with E-state index in [9.17, 15) is 31.5 Å². The van der Waals surface area contributed by atoms with Crippen molar-refractivity contribution in [1.82, 2.24) is 14.7 Å². The summed E-state index contributed by atoms with van der Waals surface area (Å²) >= 11 is 0. The van der Waals surface area contributed by atoms with E-state index in [-0.39, 0.29) is 29.0 Å². The molecule has 0 fully saturated rings. The van der Waals surface area contributed by atoms with Gasteiger partial charge in [0.15, 0.2) is 0 Å². The van der Waals surface area contributed by atoms with Crippen LogP contribution in [0.15, 0.2) is 24.3 Å². The van der Waals surface area contributed by atoms with Crippen LogP contribution in [0.4, 0.5) is 16.4 Å². The van der Waals surface area contributed by atoms with E-state index >= 15 is 0 Å². The molecule has 16 heteroatoms. The first-order valence-corrected chi connectivity index (χ1v) is 12.0. The van der Waals surface area contributed by atoms with Crippen LogP contribution in [0.2, 0.25) is 0 Å². The van der Waals surface area contributed by atoms with Crippen molar-refractivity contribution in [1.29, 1.82) is 0 Å². The number of ether oxygens (including phenoxy) is 2. The van der Waals surface area contributed by atoms with E-state index in [4.69, 9.17) is 9.47 Å². The minimum atomic E-state index is -4.42. The quantitative estimate of drug-likeness (QED) is 0.375. The van der Waals surface area contributed by atoms with Crippen molar-refractivity contribution >= 4 is 43.7 Å². The molecule has 1 aromatic heterocycles. The number of nitrogens with zero attached hydrogens (tertiary/aromatic N) is 2. The Kier molecular flexibility index (Phi) is 7.42. The van der Waals surface area contributed by atoms with Gasteiger partial charge in [-0.05, 0) is 23.8 Å². The summed E-state index contributed by atoms with van der Waals surface area (Å²) in [5.74, 6) is -2.63. The lowest BCUT2D eigenvalue weighted by Gasteiger charge is -2.12. The van der Waals surface area contributed by atoms with Gasteiger partial charge in [0.2, 0.25) is 37.8 Å². The molecule has 32 heavy (non-hydrogen) atoms. The Hall–Kier alpha value is -3.66. The second kappa shape index (κ2) is 9.65. The molecule has 2 aromatic rings. The van der Waals surface area contributed by atoms with Crippen molar-refractivity contribution in [3.05, 3.63) is 35.4 Å². The average molecular weight is 489 g/mol. The number of carbonyl (C=O) groups excluding carboxylic acids is 1. The summed E-state index contributed by atoms with van der Waals surface area (Å²) in [7, 11) is -5.50. The number of sulfonamides is 2. The largest absolute Gasteiger partial charge is 0.481 e. The number of hydrogen-bond acceptors (Lipinski definition) is 10. The van der Waals surface area contributed by atoms with E-state index in [0.29, 0.717) is 0 Å². The Labute approximate surface area is 183 Å². The van der Waals surface area contributed by atoms with Crippen LogP contribution in [0, 0.1) is 0 Å². The van der Waals surface area contributed by atoms with Crippen LogP contribution in [0.3, 0.4) is 0 Å². The Morgan fingerprint density at radius 1 is 1.03 bits per heavy atom. The number of benzene rings is 1. The molecule has 1 aromatic carbocycles. The maximum atomic E-state index is 12.4. The molecule has 0 radical (unpaired) electrons. The first-order chi connectivity index (χ1) is 14.8. The van der Waals surface area contributed by atoms with Gasteiger partial charge in [0.1, 0.15) is 0 Å². The van der Waals surface area contributed by atoms with Crippen LogP contribution in [0.5, 0.6) is 11.8 Å². The normalized spacial score (nSPS) is 11.3. The highest BCUT2D eigenvalue weighted by Crippen LogP contribution is 2.20. The van der Waals surface area contributed by atoms with Crippen LogP contribution in [-0.2, 0) is 25.8 Å². The van der Waals surface area contributed by atoms with Crippen molar-refractivity contribution < 1.29 is 41.0 Å². The second-order valence-electron chi connectivity index (χ2n) is 6.14. The number of anilines is 2. The molecule has 0 aliphatic heterocycles. The second-order valence-corrected chi connectivity index (χ2v) is 9.61. The van der Waals surface area contributed by atoms with E-state index in [0.717, 1.165) is 24.5 Å². The number of aromatic nitrogens is 2. The van der Waals surface area contributed by atoms with E-state index < -0.39 is 43.4 Å². The number of carbonyl (C=O) groups is 2. The predicted octanol–water partition coefficient (Wildman–Crippen LogP) is 0.215. The molecule has 14 nitrogen and oxygen atoms in total. The standard InChI is InChI=1S/C16H19N5O9S2/c1-29-12-7-13(30-2)18-15(17-12)19-16(24)21-32(27,28)8-9-6-10(20-31(3,25)26)4-5-11(9)14(22)23/h4-7,20H,8H2,1-3H3,(H,22,23)(H2,17,18,19,21,24). The van der Waals surface area contributed by atoms with Gasteiger partial charge in [-0.1, -0.05) is 0 Å². The molecule has 1 heterocycles. The van der Waals surface area contributed by atoms with Gasteiger partial charge in [0, 0.05) is 5.69 Å². The molecule has 0 spiro atoms. The number of methoxy groups -OCH3 is 2. The summed E-state index contributed by atoms with van der Waals surface area (Å²) < 4.78 is 61.3. The smallest absolute Gasteiger partial charge is 0.335 e. The van der Waals surface area contributed by atoms with E-state index in [1.807, 2.05) is 0 Å². The molecule has 0 saturated carbocycles. The van der Waals surface area contributed by atoms with Crippen molar-refractivity contribution in [3.8, 4) is 11.8 Å². The third kappa shape index (κ3) is 7.24. The summed E-state index contributed by atoms with van der Waals surface area (Å²) in [5.41, 5.74) is -0.703. The molecular weight excluding hydrogens is 470 g/mol. The lowest BCUT2D eigenvalue weighted by atomic mass is 10.1. The number of urea groups is 1. The fourth-order valence-electron chi connectivity index (χ4n) is 2.38. The lowest BCUT2D eigenvalue weighted by molar-refractivity contribution is 0.0696. The van der Waals surface area contributed by atoms with Crippen LogP contribution in [0.25, 0.3) is 0 Å². The molecule has 2 amide bonds. The van der Waals surface area contributed by atoms with Crippen molar-refractivity contribution in [3.63, 3.8) is 0 Å². The monoisotopic (exact) mass is 489 g/mol. The Morgan fingerprint density at radius 2 is 1.62 bits per heavy atom. The molecule has 0 bridgehead atoms. The zero-order chi connectivity index (χ0) is 24.1. The van der Waals surface area contributed by atoms with Gasteiger partial charge < -0.3 is 14.6 Å². The van der Waals surface area contributed by atoms with E-state index in [1.165, 1.54) is 20.3 Å². The topological polar surface area (TPSA) is 203 Å². The minimum Gasteiger partial charge on any atom is -0.481 e. The lowest BCUT2D eigenvalue weighted by Crippen LogP contribution is -2.36. The average Bonchev–Trinajstić information content (AvgIpc) is 2.65. The number of carboxylic acid groups (broad SMARTS) is 1. The number of aromatic carboxylic acids is 1. The fourth-order valence-corrected chi connectivity index (χ4v) is 3.99. The van der Waals surface area contributed by atoms with Crippen LogP contribution in [-0.4, -0.2) is 64.4 Å². The number of carboxylic acids is 1. The molecule has 174 valence electrons. The molecule has 2 rings (SSSR count). The van der Waals surface area contributed by atoms with Gasteiger partial charge in [-0.25, -0.2) is 31.1 Å². The van der Waals surface area contributed by atoms with Crippen LogP contribution in [0.1, 0.15) is 15.9 Å². The predicted molar refractivity (Wildman–Crippen MR) is 112 cm³/mol. The number of hydrogen-bond donors (Lipinski definition) is 4. The summed E-state index contributed by atoms with van der Waals surface area (Å²) in [6, 6.07) is 3.33. The molecular formula is C16H19N5O9S2. The third-order valence-corrected chi connectivity index (χ3v) is 5.35. The Bertz CT molecular complexity index is 1220. The van der Waals surface area contributed by atoms with Crippen molar-refractivity contribution in [2.75, 3.05) is 30.5 Å². The number of rotatable bonds is 9. The highest BCUT2D eigenvalue weighted by molar-refractivity contribution is 7.92. The Morgan fingerprint density at radius 3 is 2.12 bits per heavy atom. The molecule has 0 saturated heterocycles. The van der Waals surface area contributed by atoms with E-state index in [1.54, 1.807) is 4.72 Å². The summed E-state index contributed by atoms with van der Waals surface area (Å²) in [6.45, 7) is 0. The van der Waals surface area contributed by atoms with Gasteiger partial charge in [0.05, 0.1) is 37.9 Å². The van der Waals surface area contributed by atoms with E-state index in [2.05, 4.69) is 20.0 Å². The summed E-state index contributed by atoms with van der Waals surface area (Å²) in [5, 5.41) is 11.4. The highest BCUT2D eigenvalue weighted by Gasteiger charge is 2.21. The summed E-state index contributed by atoms with van der Waals surface area (Å²) in [6.07, 6.45) is 0.871. The number of amides is 2. The highest BCUT2D eigenvalue weighted by atomic mass is 32.2. The van der Waals surface area contributed by atoms with Gasteiger partial charge in [-0.15, -0.1) is 0 Å². The van der Waals surface area contributed by atoms with Crippen molar-refractivity contribution in [2.45, 2.75) is 5.75 Å². The summed E-state index contributed by atoms with van der Waals surface area (Å²) in [4.78, 5) is 31.2. The third-order valence-electron chi connectivity index (χ3n) is 3.56. The van der Waals surface area contributed by atoms with Crippen LogP contribution < -0.4 is 24.2 Å². The molecule has 0 unspecified atom stereocenters. The molecule has 0 aliphatic carbocycles. The molecule has 0 aliphatic rings. The fraction of sp³-hybridized carbons (Fsp3) is 0.250.